The number of nitrogens with one attached hydrogen (secondary N) is 1. The van der Waals surface area contributed by atoms with E-state index in [2.05, 4.69) is 33.4 Å². The fraction of sp³-hybridized carbons (Fsp3) is 0.471. The van der Waals surface area contributed by atoms with Crippen molar-refractivity contribution in [3.8, 4) is 0 Å². The molecule has 0 radical (unpaired) electrons. The molecule has 7 heteroatoms. The number of likely N-dealkylation sites (tertiary alicyclic amines) is 1. The molecule has 3 rings (SSSR count). The van der Waals surface area contributed by atoms with Crippen molar-refractivity contribution < 1.29 is 4.79 Å². The summed E-state index contributed by atoms with van der Waals surface area (Å²) in [7, 11) is 3.95. The Morgan fingerprint density at radius 2 is 2.33 bits per heavy atom. The number of aryl methyl sites for hydroxylation is 1. The highest BCUT2D eigenvalue weighted by Crippen LogP contribution is 2.19. The number of rotatable bonds is 5. The van der Waals surface area contributed by atoms with Crippen LogP contribution in [0, 0.1) is 5.92 Å². The van der Waals surface area contributed by atoms with Crippen molar-refractivity contribution in [2.75, 3.05) is 32.0 Å². The third kappa shape index (κ3) is 4.32. The van der Waals surface area contributed by atoms with Crippen molar-refractivity contribution in [3.63, 3.8) is 0 Å². The van der Waals surface area contributed by atoms with Gasteiger partial charge in [-0.25, -0.2) is 4.79 Å². The second kappa shape index (κ2) is 7.44. The third-order valence-corrected chi connectivity index (χ3v) is 4.27. The highest BCUT2D eigenvalue weighted by atomic mass is 16.2. The summed E-state index contributed by atoms with van der Waals surface area (Å²) in [6.45, 7) is 3.46. The Balaban J connectivity index is 1.45. The molecule has 2 amide bonds. The molecular formula is C17H24N6O. The van der Waals surface area contributed by atoms with Crippen LogP contribution in [0.15, 0.2) is 36.9 Å². The summed E-state index contributed by atoms with van der Waals surface area (Å²) in [5.41, 5.74) is 1.95. The molecule has 0 aromatic carbocycles. The fourth-order valence-corrected chi connectivity index (χ4v) is 3.16. The summed E-state index contributed by atoms with van der Waals surface area (Å²) in [4.78, 5) is 20.6. The van der Waals surface area contributed by atoms with Gasteiger partial charge in [0.15, 0.2) is 0 Å². The van der Waals surface area contributed by atoms with E-state index in [0.717, 1.165) is 38.3 Å². The first-order chi connectivity index (χ1) is 11.6. The Hall–Kier alpha value is -2.41. The summed E-state index contributed by atoms with van der Waals surface area (Å²) in [6.07, 6.45) is 8.19. The maximum absolute atomic E-state index is 12.3. The number of hydrogen-bond donors (Lipinski definition) is 1. The Bertz CT molecular complexity index is 671. The smallest absolute Gasteiger partial charge is 0.321 e. The number of aromatic nitrogens is 3. The van der Waals surface area contributed by atoms with E-state index in [1.807, 2.05) is 24.2 Å². The molecule has 1 fully saturated rings. The maximum atomic E-state index is 12.3. The van der Waals surface area contributed by atoms with Gasteiger partial charge in [0, 0.05) is 51.8 Å². The number of anilines is 1. The van der Waals surface area contributed by atoms with Crippen molar-refractivity contribution in [1.82, 2.24) is 24.6 Å². The van der Waals surface area contributed by atoms with E-state index in [4.69, 9.17) is 0 Å². The summed E-state index contributed by atoms with van der Waals surface area (Å²) < 4.78 is 1.68. The minimum Gasteiger partial charge on any atom is -0.324 e. The van der Waals surface area contributed by atoms with E-state index in [-0.39, 0.29) is 6.03 Å². The second-order valence-corrected chi connectivity index (χ2v) is 6.49. The van der Waals surface area contributed by atoms with E-state index < -0.39 is 0 Å². The molecule has 0 aliphatic carbocycles. The Morgan fingerprint density at radius 3 is 3.04 bits per heavy atom. The molecule has 24 heavy (non-hydrogen) atoms. The number of pyridine rings is 1. The fourth-order valence-electron chi connectivity index (χ4n) is 3.16. The predicted molar refractivity (Wildman–Crippen MR) is 92.5 cm³/mol. The Morgan fingerprint density at radius 1 is 1.46 bits per heavy atom. The lowest BCUT2D eigenvalue weighted by atomic mass is 10.1. The first-order valence-electron chi connectivity index (χ1n) is 8.22. The number of carbonyl (C=O) groups is 1. The van der Waals surface area contributed by atoms with Gasteiger partial charge < -0.3 is 15.1 Å². The number of amides is 2. The molecule has 1 aliphatic rings. The largest absolute Gasteiger partial charge is 0.324 e. The van der Waals surface area contributed by atoms with Crippen LogP contribution in [0.4, 0.5) is 10.5 Å². The SMILES string of the molecule is CN(Cc1cccnc1)CC1CCN(C(=O)Nc2cnn(C)c2)C1. The van der Waals surface area contributed by atoms with E-state index in [1.54, 1.807) is 23.3 Å². The minimum absolute atomic E-state index is 0.0413. The van der Waals surface area contributed by atoms with Crippen LogP contribution in [0.1, 0.15) is 12.0 Å². The molecule has 2 aromatic rings. The van der Waals surface area contributed by atoms with Crippen molar-refractivity contribution >= 4 is 11.7 Å². The zero-order chi connectivity index (χ0) is 16.9. The molecule has 2 aromatic heterocycles. The monoisotopic (exact) mass is 328 g/mol. The van der Waals surface area contributed by atoms with Crippen molar-refractivity contribution in [1.29, 1.82) is 0 Å². The minimum atomic E-state index is -0.0413. The van der Waals surface area contributed by atoms with Gasteiger partial charge in [0.2, 0.25) is 0 Å². The lowest BCUT2D eigenvalue weighted by molar-refractivity contribution is 0.216. The van der Waals surface area contributed by atoms with Gasteiger partial charge in [-0.2, -0.15) is 5.10 Å². The third-order valence-electron chi connectivity index (χ3n) is 4.27. The molecule has 0 bridgehead atoms. The van der Waals surface area contributed by atoms with Crippen molar-refractivity contribution in [2.24, 2.45) is 13.0 Å². The van der Waals surface area contributed by atoms with Gasteiger partial charge in [0.25, 0.3) is 0 Å². The van der Waals surface area contributed by atoms with E-state index in [1.165, 1.54) is 5.56 Å². The first-order valence-corrected chi connectivity index (χ1v) is 8.22. The number of carbonyl (C=O) groups excluding carboxylic acids is 1. The number of nitrogens with zero attached hydrogens (tertiary/aromatic N) is 5. The van der Waals surface area contributed by atoms with Gasteiger partial charge in [-0.15, -0.1) is 0 Å². The van der Waals surface area contributed by atoms with Crippen molar-refractivity contribution in [3.05, 3.63) is 42.5 Å². The van der Waals surface area contributed by atoms with Gasteiger partial charge in [-0.1, -0.05) is 6.07 Å². The molecule has 1 saturated heterocycles. The first kappa shape index (κ1) is 16.4. The van der Waals surface area contributed by atoms with Crippen LogP contribution in [0.3, 0.4) is 0 Å². The van der Waals surface area contributed by atoms with Gasteiger partial charge in [0.1, 0.15) is 0 Å². The standard InChI is InChI=1S/C17H24N6O/c1-21(10-14-4-3-6-18-8-14)11-15-5-7-23(12-15)17(24)20-16-9-19-22(2)13-16/h3-4,6,8-9,13,15H,5,7,10-12H2,1-2H3,(H,20,24). The van der Waals surface area contributed by atoms with Crippen LogP contribution in [0.5, 0.6) is 0 Å². The van der Waals surface area contributed by atoms with Crippen LogP contribution in [-0.4, -0.2) is 57.3 Å². The van der Waals surface area contributed by atoms with E-state index >= 15 is 0 Å². The van der Waals surface area contributed by atoms with Crippen molar-refractivity contribution in [2.45, 2.75) is 13.0 Å². The quantitative estimate of drug-likeness (QED) is 0.909. The molecule has 0 spiro atoms. The summed E-state index contributed by atoms with van der Waals surface area (Å²) in [6, 6.07) is 4.01. The average molecular weight is 328 g/mol. The average Bonchev–Trinajstić information content (AvgIpc) is 3.17. The molecule has 1 unspecified atom stereocenters. The maximum Gasteiger partial charge on any atom is 0.321 e. The molecule has 1 atom stereocenters. The zero-order valence-corrected chi connectivity index (χ0v) is 14.2. The molecule has 0 saturated carbocycles. The summed E-state index contributed by atoms with van der Waals surface area (Å²) >= 11 is 0. The molecule has 1 N–H and O–H groups in total. The van der Waals surface area contributed by atoms with Gasteiger partial charge in [-0.3, -0.25) is 9.67 Å². The van der Waals surface area contributed by atoms with Crippen LogP contribution in [-0.2, 0) is 13.6 Å². The molecular weight excluding hydrogens is 304 g/mol. The highest BCUT2D eigenvalue weighted by Gasteiger charge is 2.27. The normalized spacial score (nSPS) is 17.5. The number of urea groups is 1. The van der Waals surface area contributed by atoms with Crippen LogP contribution in [0.25, 0.3) is 0 Å². The predicted octanol–water partition coefficient (Wildman–Crippen LogP) is 1.80. The molecule has 1 aliphatic heterocycles. The van der Waals surface area contributed by atoms with Crippen LogP contribution in [0.2, 0.25) is 0 Å². The Labute approximate surface area is 142 Å². The van der Waals surface area contributed by atoms with Gasteiger partial charge >= 0.3 is 6.03 Å². The van der Waals surface area contributed by atoms with Gasteiger partial charge in [-0.05, 0) is 31.0 Å². The van der Waals surface area contributed by atoms with E-state index in [0.29, 0.717) is 5.92 Å². The Kier molecular flexibility index (Phi) is 5.10. The highest BCUT2D eigenvalue weighted by molar-refractivity contribution is 5.89. The zero-order valence-electron chi connectivity index (χ0n) is 14.2. The van der Waals surface area contributed by atoms with Crippen LogP contribution < -0.4 is 5.32 Å². The summed E-state index contributed by atoms with van der Waals surface area (Å²) in [5.74, 6) is 0.506. The lowest BCUT2D eigenvalue weighted by Gasteiger charge is -2.21. The lowest BCUT2D eigenvalue weighted by Crippen LogP contribution is -2.34. The molecule has 7 nitrogen and oxygen atoms in total. The summed E-state index contributed by atoms with van der Waals surface area (Å²) in [5, 5.41) is 6.96. The van der Waals surface area contributed by atoms with Gasteiger partial charge in [0.05, 0.1) is 11.9 Å². The molecule has 128 valence electrons. The molecule has 3 heterocycles. The van der Waals surface area contributed by atoms with E-state index in [9.17, 15) is 4.79 Å². The second-order valence-electron chi connectivity index (χ2n) is 6.49. The van der Waals surface area contributed by atoms with Crippen LogP contribution >= 0.6 is 0 Å². The number of hydrogen-bond acceptors (Lipinski definition) is 4. The topological polar surface area (TPSA) is 66.3 Å².